The number of unbranched alkanes of at least 4 members (excludes halogenated alkanes) is 36. The molecule has 0 spiro atoms. The molecular formula is C54H111N. The van der Waals surface area contributed by atoms with Crippen LogP contribution < -0.4 is 0 Å². The number of nitrogens with zero attached hydrogens (tertiary/aromatic N) is 1. The summed E-state index contributed by atoms with van der Waals surface area (Å²) in [6.45, 7) is 22.7. The Bertz CT molecular complexity index is 648. The molecule has 0 aromatic rings. The van der Waals surface area contributed by atoms with Crippen LogP contribution in [0.2, 0.25) is 0 Å². The standard InChI is InChI=1S/C54H111N/c1-10-13-16-19-22-25-28-31-34-37-40-43-46-49-52(4,5)55(53(6,7)50-47-44-41-38-35-32-29-26-23-20-17-14-11-2)54(8,9)51-48-45-42-39-36-33-30-27-24-21-18-15-12-3/h10-51H2,1-9H3. The van der Waals surface area contributed by atoms with E-state index in [1.165, 1.54) is 270 Å². The summed E-state index contributed by atoms with van der Waals surface area (Å²) in [5, 5.41) is 0. The minimum atomic E-state index is 0.234. The van der Waals surface area contributed by atoms with Crippen LogP contribution in [0.4, 0.5) is 0 Å². The lowest BCUT2D eigenvalue weighted by molar-refractivity contribution is -0.0784. The summed E-state index contributed by atoms with van der Waals surface area (Å²) in [7, 11) is 0. The Hall–Kier alpha value is -0.0400. The van der Waals surface area contributed by atoms with E-state index >= 15 is 0 Å². The quantitative estimate of drug-likeness (QED) is 0.0557. The van der Waals surface area contributed by atoms with Crippen LogP contribution in [-0.2, 0) is 0 Å². The van der Waals surface area contributed by atoms with Crippen molar-refractivity contribution in [1.82, 2.24) is 4.90 Å². The minimum absolute atomic E-state index is 0.234. The van der Waals surface area contributed by atoms with Gasteiger partial charge >= 0.3 is 0 Å². The van der Waals surface area contributed by atoms with Gasteiger partial charge in [0.05, 0.1) is 0 Å². The van der Waals surface area contributed by atoms with E-state index in [1.807, 2.05) is 0 Å². The van der Waals surface area contributed by atoms with Crippen LogP contribution in [0.1, 0.15) is 332 Å². The van der Waals surface area contributed by atoms with Gasteiger partial charge in [0, 0.05) is 16.6 Å². The van der Waals surface area contributed by atoms with Gasteiger partial charge in [-0.2, -0.15) is 0 Å². The maximum Gasteiger partial charge on any atom is 0.0163 e. The molecule has 0 aliphatic rings. The first kappa shape index (κ1) is 55.0. The van der Waals surface area contributed by atoms with Crippen molar-refractivity contribution in [2.75, 3.05) is 0 Å². The van der Waals surface area contributed by atoms with Gasteiger partial charge in [-0.05, 0) is 60.8 Å². The van der Waals surface area contributed by atoms with Gasteiger partial charge in [-0.3, -0.25) is 4.90 Å². The van der Waals surface area contributed by atoms with E-state index < -0.39 is 0 Å². The van der Waals surface area contributed by atoms with Gasteiger partial charge in [-0.25, -0.2) is 0 Å². The Morgan fingerprint density at radius 3 is 0.473 bits per heavy atom. The van der Waals surface area contributed by atoms with E-state index in [4.69, 9.17) is 0 Å². The zero-order valence-electron chi connectivity index (χ0n) is 40.6. The first-order valence-corrected chi connectivity index (χ1v) is 26.4. The molecule has 0 saturated carbocycles. The molecule has 0 radical (unpaired) electrons. The highest BCUT2D eigenvalue weighted by atomic mass is 15.3. The third kappa shape index (κ3) is 33.5. The van der Waals surface area contributed by atoms with Crippen molar-refractivity contribution in [3.05, 3.63) is 0 Å². The maximum absolute atomic E-state index is 3.06. The van der Waals surface area contributed by atoms with Gasteiger partial charge in [0.1, 0.15) is 0 Å². The Balaban J connectivity index is 4.79. The van der Waals surface area contributed by atoms with Gasteiger partial charge < -0.3 is 0 Å². The highest BCUT2D eigenvalue weighted by molar-refractivity contribution is 5.00. The van der Waals surface area contributed by atoms with Crippen molar-refractivity contribution in [1.29, 1.82) is 0 Å². The van der Waals surface area contributed by atoms with Crippen LogP contribution in [0.5, 0.6) is 0 Å². The molecule has 0 aliphatic carbocycles. The van der Waals surface area contributed by atoms with Gasteiger partial charge in [0.2, 0.25) is 0 Å². The predicted octanol–water partition coefficient (Wildman–Crippen LogP) is 20.1. The summed E-state index contributed by atoms with van der Waals surface area (Å²) < 4.78 is 0. The Morgan fingerprint density at radius 1 is 0.200 bits per heavy atom. The van der Waals surface area contributed by atoms with Crippen molar-refractivity contribution in [2.45, 2.75) is 349 Å². The van der Waals surface area contributed by atoms with E-state index in [1.54, 1.807) is 0 Å². The Morgan fingerprint density at radius 2 is 0.327 bits per heavy atom. The van der Waals surface area contributed by atoms with Gasteiger partial charge in [0.15, 0.2) is 0 Å². The molecule has 1 heteroatoms. The second-order valence-electron chi connectivity index (χ2n) is 20.8. The average molecular weight is 774 g/mol. The van der Waals surface area contributed by atoms with E-state index in [-0.39, 0.29) is 16.6 Å². The summed E-state index contributed by atoms with van der Waals surface area (Å²) in [4.78, 5) is 3.06. The lowest BCUT2D eigenvalue weighted by Crippen LogP contribution is -2.64. The molecule has 0 amide bonds. The molecule has 55 heavy (non-hydrogen) atoms. The van der Waals surface area contributed by atoms with Crippen molar-refractivity contribution in [3.8, 4) is 0 Å². The van der Waals surface area contributed by atoms with Crippen LogP contribution in [-0.4, -0.2) is 21.5 Å². The topological polar surface area (TPSA) is 3.24 Å². The summed E-state index contributed by atoms with van der Waals surface area (Å²) in [6, 6.07) is 0. The van der Waals surface area contributed by atoms with Crippen LogP contribution in [0, 0.1) is 0 Å². The van der Waals surface area contributed by atoms with Crippen LogP contribution >= 0.6 is 0 Å². The van der Waals surface area contributed by atoms with Gasteiger partial charge in [0.25, 0.3) is 0 Å². The Labute approximate surface area is 352 Å². The smallest absolute Gasteiger partial charge is 0.0163 e. The Kier molecular flexibility index (Phi) is 38.2. The first-order valence-electron chi connectivity index (χ1n) is 26.4. The second-order valence-corrected chi connectivity index (χ2v) is 20.8. The first-order chi connectivity index (χ1) is 26.5. The largest absolute Gasteiger partial charge is 0.288 e. The number of rotatable bonds is 45. The van der Waals surface area contributed by atoms with Crippen molar-refractivity contribution < 1.29 is 0 Å². The number of hydrogen-bond acceptors (Lipinski definition) is 1. The molecule has 332 valence electrons. The molecular weight excluding hydrogens is 663 g/mol. The van der Waals surface area contributed by atoms with Crippen molar-refractivity contribution >= 4 is 0 Å². The molecule has 0 saturated heterocycles. The van der Waals surface area contributed by atoms with Gasteiger partial charge in [-0.1, -0.05) is 271 Å². The fraction of sp³-hybridized carbons (Fsp3) is 1.00. The summed E-state index contributed by atoms with van der Waals surface area (Å²) in [5.41, 5.74) is 0.702. The summed E-state index contributed by atoms with van der Waals surface area (Å²) >= 11 is 0. The molecule has 0 aromatic heterocycles. The zero-order valence-corrected chi connectivity index (χ0v) is 40.6. The highest BCUT2D eigenvalue weighted by Gasteiger charge is 2.45. The van der Waals surface area contributed by atoms with E-state index in [0.717, 1.165) is 0 Å². The molecule has 0 unspecified atom stereocenters. The van der Waals surface area contributed by atoms with Gasteiger partial charge in [-0.15, -0.1) is 0 Å². The molecule has 1 nitrogen and oxygen atoms in total. The predicted molar refractivity (Wildman–Crippen MR) is 255 cm³/mol. The molecule has 0 aliphatic heterocycles. The fourth-order valence-electron chi connectivity index (χ4n) is 10.5. The molecule has 0 atom stereocenters. The summed E-state index contributed by atoms with van der Waals surface area (Å²) in [5.74, 6) is 0. The average Bonchev–Trinajstić information content (AvgIpc) is 3.13. The molecule has 0 fully saturated rings. The lowest BCUT2D eigenvalue weighted by atomic mass is 9.78. The summed E-state index contributed by atoms with van der Waals surface area (Å²) in [6.07, 6.45) is 60.3. The third-order valence-corrected chi connectivity index (χ3v) is 13.5. The van der Waals surface area contributed by atoms with Crippen molar-refractivity contribution in [2.24, 2.45) is 0 Å². The molecule has 0 heterocycles. The van der Waals surface area contributed by atoms with E-state index in [0.29, 0.717) is 0 Å². The molecule has 0 rings (SSSR count). The van der Waals surface area contributed by atoms with Crippen LogP contribution in [0.15, 0.2) is 0 Å². The minimum Gasteiger partial charge on any atom is -0.288 e. The third-order valence-electron chi connectivity index (χ3n) is 13.5. The molecule has 0 bridgehead atoms. The normalized spacial score (nSPS) is 12.8. The van der Waals surface area contributed by atoms with Crippen LogP contribution in [0.3, 0.4) is 0 Å². The zero-order chi connectivity index (χ0) is 40.8. The highest BCUT2D eigenvalue weighted by Crippen LogP contribution is 2.41. The number of hydrogen-bond donors (Lipinski definition) is 0. The molecule has 0 aromatic carbocycles. The monoisotopic (exact) mass is 774 g/mol. The second kappa shape index (κ2) is 38.2. The SMILES string of the molecule is CCCCCCCCCCCCCCCC(C)(C)N(C(C)(C)CCCCCCCCCCCCCCC)C(C)(C)CCCCCCCCCCCCCCC. The van der Waals surface area contributed by atoms with E-state index in [2.05, 4.69) is 67.2 Å². The van der Waals surface area contributed by atoms with E-state index in [9.17, 15) is 0 Å². The van der Waals surface area contributed by atoms with Crippen molar-refractivity contribution in [3.63, 3.8) is 0 Å². The van der Waals surface area contributed by atoms with Crippen LogP contribution in [0.25, 0.3) is 0 Å². The lowest BCUT2D eigenvalue weighted by Gasteiger charge is -2.57. The fourth-order valence-corrected chi connectivity index (χ4v) is 10.5. The molecule has 0 N–H and O–H groups in total. The maximum atomic E-state index is 3.06.